The Balaban J connectivity index is 1.99. The second kappa shape index (κ2) is 6.27. The molecule has 1 fully saturated rings. The van der Waals surface area contributed by atoms with Crippen LogP contribution in [0.3, 0.4) is 0 Å². The summed E-state index contributed by atoms with van der Waals surface area (Å²) in [5.41, 5.74) is 1.40. The lowest BCUT2D eigenvalue weighted by Gasteiger charge is -2.35. The molecule has 1 aromatic carbocycles. The molecule has 0 aliphatic carbocycles. The molecule has 0 atom stereocenters. The number of amides is 1. The molecule has 1 saturated heterocycles. The molecule has 21 heavy (non-hydrogen) atoms. The number of benzene rings is 1. The van der Waals surface area contributed by atoms with E-state index in [1.54, 1.807) is 17.0 Å². The number of hydrogen-bond acceptors (Lipinski definition) is 3. The third-order valence-electron chi connectivity index (χ3n) is 3.51. The van der Waals surface area contributed by atoms with Crippen LogP contribution in [0.4, 0.5) is 13.2 Å². The molecule has 116 valence electrons. The lowest BCUT2D eigenvalue weighted by atomic mass is 10.1. The zero-order chi connectivity index (χ0) is 15.6. The van der Waals surface area contributed by atoms with Gasteiger partial charge >= 0.3 is 6.18 Å². The van der Waals surface area contributed by atoms with Gasteiger partial charge in [-0.15, -0.1) is 12.6 Å². The van der Waals surface area contributed by atoms with Crippen molar-refractivity contribution in [2.24, 2.45) is 0 Å². The van der Waals surface area contributed by atoms with Crippen LogP contribution in [0.25, 0.3) is 0 Å². The standard InChI is InChI=1S/C14H17F3N2OS/c1-10-2-3-11(21)8-12(10)13(20)19-6-4-18(5-7-19)9-14(15,16)17/h2-3,8,21H,4-7,9H2,1H3. The summed E-state index contributed by atoms with van der Waals surface area (Å²) in [6.45, 7) is 2.02. The van der Waals surface area contributed by atoms with E-state index in [2.05, 4.69) is 12.6 Å². The molecule has 1 amide bonds. The van der Waals surface area contributed by atoms with Crippen LogP contribution < -0.4 is 0 Å². The Morgan fingerprint density at radius 1 is 1.24 bits per heavy atom. The van der Waals surface area contributed by atoms with Gasteiger partial charge in [-0.25, -0.2) is 0 Å². The summed E-state index contributed by atoms with van der Waals surface area (Å²) in [6.07, 6.45) is -4.19. The highest BCUT2D eigenvalue weighted by Gasteiger charge is 2.33. The van der Waals surface area contributed by atoms with Gasteiger partial charge in [0, 0.05) is 36.6 Å². The van der Waals surface area contributed by atoms with Crippen molar-refractivity contribution in [2.75, 3.05) is 32.7 Å². The molecule has 1 aromatic rings. The van der Waals surface area contributed by atoms with Crippen molar-refractivity contribution in [3.8, 4) is 0 Å². The summed E-state index contributed by atoms with van der Waals surface area (Å²) in [7, 11) is 0. The van der Waals surface area contributed by atoms with Crippen LogP contribution in [0, 0.1) is 6.92 Å². The van der Waals surface area contributed by atoms with Crippen LogP contribution in [0.1, 0.15) is 15.9 Å². The van der Waals surface area contributed by atoms with Gasteiger partial charge in [0.1, 0.15) is 0 Å². The second-order valence-corrected chi connectivity index (χ2v) is 5.70. The van der Waals surface area contributed by atoms with E-state index in [-0.39, 0.29) is 19.0 Å². The molecule has 2 rings (SSSR count). The van der Waals surface area contributed by atoms with E-state index in [1.807, 2.05) is 13.0 Å². The normalized spacial score (nSPS) is 17.1. The zero-order valence-corrected chi connectivity index (χ0v) is 12.5. The number of thiol groups is 1. The first-order valence-corrected chi connectivity index (χ1v) is 7.09. The summed E-state index contributed by atoms with van der Waals surface area (Å²) in [5.74, 6) is -0.143. The number of carbonyl (C=O) groups is 1. The van der Waals surface area contributed by atoms with Gasteiger partial charge in [-0.2, -0.15) is 13.2 Å². The molecule has 0 spiro atoms. The van der Waals surface area contributed by atoms with Crippen molar-refractivity contribution in [2.45, 2.75) is 18.0 Å². The number of halogens is 3. The molecule has 1 aliphatic rings. The minimum absolute atomic E-state index is 0.143. The Hall–Kier alpha value is -1.21. The van der Waals surface area contributed by atoms with Crippen molar-refractivity contribution in [3.63, 3.8) is 0 Å². The fraction of sp³-hybridized carbons (Fsp3) is 0.500. The fourth-order valence-corrected chi connectivity index (χ4v) is 2.58. The highest BCUT2D eigenvalue weighted by Crippen LogP contribution is 2.20. The first kappa shape index (κ1) is 16.2. The number of carbonyl (C=O) groups excluding carboxylic acids is 1. The highest BCUT2D eigenvalue weighted by atomic mass is 32.1. The van der Waals surface area contributed by atoms with E-state index >= 15 is 0 Å². The predicted octanol–water partition coefficient (Wildman–Crippen LogP) is 2.60. The van der Waals surface area contributed by atoms with Crippen molar-refractivity contribution >= 4 is 18.5 Å². The van der Waals surface area contributed by atoms with Gasteiger partial charge in [0.25, 0.3) is 5.91 Å². The molecule has 7 heteroatoms. The first-order valence-electron chi connectivity index (χ1n) is 6.64. The van der Waals surface area contributed by atoms with Crippen molar-refractivity contribution < 1.29 is 18.0 Å². The molecule has 0 saturated carbocycles. The largest absolute Gasteiger partial charge is 0.401 e. The molecule has 3 nitrogen and oxygen atoms in total. The monoisotopic (exact) mass is 318 g/mol. The predicted molar refractivity (Wildman–Crippen MR) is 76.8 cm³/mol. The van der Waals surface area contributed by atoms with Gasteiger partial charge in [0.05, 0.1) is 6.54 Å². The molecule has 0 radical (unpaired) electrons. The Morgan fingerprint density at radius 3 is 2.43 bits per heavy atom. The van der Waals surface area contributed by atoms with Crippen LogP contribution in [0.5, 0.6) is 0 Å². The van der Waals surface area contributed by atoms with E-state index in [0.29, 0.717) is 23.5 Å². The summed E-state index contributed by atoms with van der Waals surface area (Å²) < 4.78 is 37.0. The van der Waals surface area contributed by atoms with Crippen molar-refractivity contribution in [1.82, 2.24) is 9.80 Å². The quantitative estimate of drug-likeness (QED) is 0.848. The molecule has 0 N–H and O–H groups in total. The van der Waals surface area contributed by atoms with Gasteiger partial charge in [-0.1, -0.05) is 6.07 Å². The van der Waals surface area contributed by atoms with Crippen molar-refractivity contribution in [3.05, 3.63) is 29.3 Å². The average molecular weight is 318 g/mol. The molecule has 1 heterocycles. The molecule has 0 aromatic heterocycles. The summed E-state index contributed by atoms with van der Waals surface area (Å²) in [4.78, 5) is 16.0. The maximum atomic E-state index is 12.4. The van der Waals surface area contributed by atoms with Gasteiger partial charge in [-0.05, 0) is 24.6 Å². The van der Waals surface area contributed by atoms with Crippen LogP contribution in [-0.2, 0) is 0 Å². The third kappa shape index (κ3) is 4.38. The van der Waals surface area contributed by atoms with Gasteiger partial charge in [0.15, 0.2) is 0 Å². The van der Waals surface area contributed by atoms with Crippen LogP contribution in [0.15, 0.2) is 23.1 Å². The summed E-state index contributed by atoms with van der Waals surface area (Å²) >= 11 is 4.22. The Kier molecular flexibility index (Phi) is 4.83. The van der Waals surface area contributed by atoms with Crippen molar-refractivity contribution in [1.29, 1.82) is 0 Å². The van der Waals surface area contributed by atoms with Gasteiger partial charge < -0.3 is 4.90 Å². The summed E-state index contributed by atoms with van der Waals surface area (Å²) in [5, 5.41) is 0. The van der Waals surface area contributed by atoms with E-state index in [9.17, 15) is 18.0 Å². The third-order valence-corrected chi connectivity index (χ3v) is 3.79. The minimum atomic E-state index is -4.19. The highest BCUT2D eigenvalue weighted by molar-refractivity contribution is 7.80. The van der Waals surface area contributed by atoms with E-state index in [4.69, 9.17) is 0 Å². The van der Waals surface area contributed by atoms with Gasteiger partial charge in [0.2, 0.25) is 0 Å². The smallest absolute Gasteiger partial charge is 0.336 e. The van der Waals surface area contributed by atoms with Crippen LogP contribution in [-0.4, -0.2) is 54.6 Å². The number of rotatable bonds is 2. The number of alkyl halides is 3. The average Bonchev–Trinajstić information content (AvgIpc) is 2.40. The molecule has 0 bridgehead atoms. The lowest BCUT2D eigenvalue weighted by Crippen LogP contribution is -2.51. The van der Waals surface area contributed by atoms with Crippen LogP contribution >= 0.6 is 12.6 Å². The lowest BCUT2D eigenvalue weighted by molar-refractivity contribution is -0.148. The molecule has 0 unspecified atom stereocenters. The van der Waals surface area contributed by atoms with Gasteiger partial charge in [-0.3, -0.25) is 9.69 Å². The van der Waals surface area contributed by atoms with Crippen LogP contribution in [0.2, 0.25) is 0 Å². The molecule has 1 aliphatic heterocycles. The second-order valence-electron chi connectivity index (χ2n) is 5.18. The maximum absolute atomic E-state index is 12.4. The number of nitrogens with zero attached hydrogens (tertiary/aromatic N) is 2. The SMILES string of the molecule is Cc1ccc(S)cc1C(=O)N1CCN(CC(F)(F)F)CC1. The molecular formula is C14H17F3N2OS. The van der Waals surface area contributed by atoms with E-state index in [0.717, 1.165) is 5.56 Å². The minimum Gasteiger partial charge on any atom is -0.336 e. The molecular weight excluding hydrogens is 301 g/mol. The maximum Gasteiger partial charge on any atom is 0.401 e. The number of hydrogen-bond donors (Lipinski definition) is 1. The summed E-state index contributed by atoms with van der Waals surface area (Å²) in [6, 6.07) is 5.31. The number of piperazine rings is 1. The fourth-order valence-electron chi connectivity index (χ4n) is 2.37. The Morgan fingerprint density at radius 2 is 1.86 bits per heavy atom. The number of aryl methyl sites for hydroxylation is 1. The Bertz CT molecular complexity index is 525. The first-order chi connectivity index (χ1) is 9.76. The topological polar surface area (TPSA) is 23.6 Å². The Labute approximate surface area is 127 Å². The van der Waals surface area contributed by atoms with E-state index in [1.165, 1.54) is 4.90 Å². The van der Waals surface area contributed by atoms with E-state index < -0.39 is 12.7 Å². The zero-order valence-electron chi connectivity index (χ0n) is 11.7.